The highest BCUT2D eigenvalue weighted by Crippen LogP contribution is 2.43. The number of unbranched alkanes of at least 4 members (excludes halogenated alkanes) is 23. The zero-order valence-corrected chi connectivity index (χ0v) is 42.1. The average Bonchev–Trinajstić information content (AvgIpc) is 3.23. The molecule has 0 rings (SSSR count). The van der Waals surface area contributed by atoms with Crippen LogP contribution in [0.3, 0.4) is 0 Å². The Bertz CT molecular complexity index is 1230. The zero-order valence-electron chi connectivity index (χ0n) is 41.2. The van der Waals surface area contributed by atoms with E-state index in [1.54, 1.807) is 6.08 Å². The number of aliphatic hydroxyl groups is 1. The second-order valence-corrected chi connectivity index (χ2v) is 19.9. The van der Waals surface area contributed by atoms with Gasteiger partial charge in [-0.15, -0.1) is 0 Å². The highest BCUT2D eigenvalue weighted by atomic mass is 31.2. The van der Waals surface area contributed by atoms with Crippen molar-refractivity contribution in [3.63, 3.8) is 0 Å². The van der Waals surface area contributed by atoms with Crippen molar-refractivity contribution in [3.8, 4) is 0 Å². The van der Waals surface area contributed by atoms with Gasteiger partial charge in [-0.2, -0.15) is 0 Å². The highest BCUT2D eigenvalue weighted by Gasteiger charge is 2.27. The molecule has 11 heteroatoms. The maximum absolute atomic E-state index is 12.8. The van der Waals surface area contributed by atoms with E-state index in [0.29, 0.717) is 30.3 Å². The Hall–Kier alpha value is -2.07. The molecule has 3 atom stereocenters. The minimum absolute atomic E-state index is 0.00221. The van der Waals surface area contributed by atoms with Crippen LogP contribution >= 0.6 is 7.82 Å². The van der Waals surface area contributed by atoms with E-state index < -0.39 is 38.6 Å². The fraction of sp³-hybridized carbons (Fsp3) is 0.808. The number of hydrogen-bond acceptors (Lipinski definition) is 8. The maximum atomic E-state index is 12.8. The summed E-state index contributed by atoms with van der Waals surface area (Å²) < 4.78 is 34.3. The molecule has 0 bridgehead atoms. The number of esters is 2. The third-order valence-corrected chi connectivity index (χ3v) is 11.9. The van der Waals surface area contributed by atoms with E-state index in [0.717, 1.165) is 32.1 Å². The summed E-state index contributed by atoms with van der Waals surface area (Å²) in [4.78, 5) is 35.5. The van der Waals surface area contributed by atoms with Gasteiger partial charge in [-0.05, 0) is 64.2 Å². The first kappa shape index (κ1) is 60.9. The number of carbonyl (C=O) groups excluding carboxylic acids is 2. The first-order valence-electron chi connectivity index (χ1n) is 25.5. The minimum Gasteiger partial charge on any atom is -0.462 e. The van der Waals surface area contributed by atoms with Crippen molar-refractivity contribution in [2.75, 3.05) is 47.5 Å². The van der Waals surface area contributed by atoms with Crippen molar-refractivity contribution >= 4 is 19.8 Å². The van der Waals surface area contributed by atoms with Crippen molar-refractivity contribution < 1.29 is 47.2 Å². The molecular weight excluding hydrogens is 814 g/mol. The molecule has 0 saturated carbocycles. The second-order valence-electron chi connectivity index (χ2n) is 18.4. The van der Waals surface area contributed by atoms with Crippen LogP contribution < -0.4 is 0 Å². The van der Waals surface area contributed by atoms with Gasteiger partial charge in [0.2, 0.25) is 0 Å². The summed E-state index contributed by atoms with van der Waals surface area (Å²) in [6.07, 6.45) is 49.1. The number of ether oxygens (including phenoxy) is 2. The number of nitrogens with zero attached hydrogens (tertiary/aromatic N) is 1. The van der Waals surface area contributed by atoms with Crippen LogP contribution in [0, 0.1) is 0 Å². The molecule has 0 aliphatic rings. The number of phosphoric acid groups is 1. The van der Waals surface area contributed by atoms with E-state index in [9.17, 15) is 24.2 Å². The first-order chi connectivity index (χ1) is 30.4. The molecule has 0 aromatic rings. The van der Waals surface area contributed by atoms with Crippen LogP contribution in [0.5, 0.6) is 0 Å². The SMILES string of the molecule is CCCCCCCC/C=C\CCCCCCCCCCCCCC(=O)O[C@H](COC(=O)CCCC(O)/C=C/C=C/C/C=C/CCCCCCCC)COP(=O)(O)OCC[N+](C)(C)C. The van der Waals surface area contributed by atoms with E-state index in [-0.39, 0.29) is 26.1 Å². The van der Waals surface area contributed by atoms with Crippen molar-refractivity contribution in [3.05, 3.63) is 48.6 Å². The molecule has 0 aromatic heterocycles. The monoisotopic (exact) mass is 911 g/mol. The quantitative estimate of drug-likeness (QED) is 0.0153. The van der Waals surface area contributed by atoms with E-state index in [1.807, 2.05) is 39.4 Å². The average molecular weight is 911 g/mol. The Balaban J connectivity index is 4.40. The Kier molecular flexibility index (Phi) is 42.4. The summed E-state index contributed by atoms with van der Waals surface area (Å²) in [6, 6.07) is 0. The van der Waals surface area contributed by atoms with Crippen molar-refractivity contribution in [1.29, 1.82) is 0 Å². The Morgan fingerprint density at radius 2 is 1.05 bits per heavy atom. The number of carbonyl (C=O) groups is 2. The standard InChI is InChI=1S/C52H96NO9P/c1-6-8-10-12-14-16-18-20-21-22-23-24-25-26-27-29-31-33-35-37-39-43-52(56)62-50(48-61-63(57,58)60-46-45-53(3,4)5)47-59-51(55)44-40-42-49(54)41-38-36-34-32-30-28-19-17-15-13-11-9-7-2/h20-21,28,30,34,36,38,41,49-50,54H,6-19,22-27,29,31-33,35,37,39-40,42-48H2,1-5H3/p+1/b21-20-,30-28+,36-34+,41-38+/t49?,50-/m1/s1. The van der Waals surface area contributed by atoms with Gasteiger partial charge in [0.25, 0.3) is 0 Å². The lowest BCUT2D eigenvalue weighted by molar-refractivity contribution is -0.870. The number of allylic oxidation sites excluding steroid dienone is 7. The van der Waals surface area contributed by atoms with Crippen molar-refractivity contribution in [1.82, 2.24) is 0 Å². The molecule has 0 fully saturated rings. The van der Waals surface area contributed by atoms with E-state index in [1.165, 1.54) is 135 Å². The summed E-state index contributed by atoms with van der Waals surface area (Å²) >= 11 is 0. The van der Waals surface area contributed by atoms with Crippen LogP contribution in [0.2, 0.25) is 0 Å². The number of aliphatic hydroxyl groups excluding tert-OH is 1. The van der Waals surface area contributed by atoms with Gasteiger partial charge in [-0.3, -0.25) is 18.6 Å². The van der Waals surface area contributed by atoms with Gasteiger partial charge in [0.1, 0.15) is 19.8 Å². The first-order valence-corrected chi connectivity index (χ1v) is 27.0. The molecule has 0 heterocycles. The number of quaternary nitrogens is 1. The Labute approximate surface area is 386 Å². The third-order valence-electron chi connectivity index (χ3n) is 10.9. The van der Waals surface area contributed by atoms with Gasteiger partial charge in [0.05, 0.1) is 33.9 Å². The molecule has 0 aromatic carbocycles. The molecule has 0 radical (unpaired) electrons. The minimum atomic E-state index is -4.42. The summed E-state index contributed by atoms with van der Waals surface area (Å²) in [5.74, 6) is -0.993. The highest BCUT2D eigenvalue weighted by molar-refractivity contribution is 7.47. The molecule has 368 valence electrons. The molecule has 10 nitrogen and oxygen atoms in total. The number of phosphoric ester groups is 1. The summed E-state index contributed by atoms with van der Waals surface area (Å²) in [7, 11) is 1.38. The lowest BCUT2D eigenvalue weighted by atomic mass is 10.0. The van der Waals surface area contributed by atoms with Gasteiger partial charge in [-0.1, -0.05) is 184 Å². The topological polar surface area (TPSA) is 129 Å². The molecule has 0 aliphatic carbocycles. The fourth-order valence-electron chi connectivity index (χ4n) is 6.90. The number of likely N-dealkylation sites (N-methyl/N-ethyl adjacent to an activating group) is 1. The van der Waals surface area contributed by atoms with Crippen LogP contribution in [-0.4, -0.2) is 86.1 Å². The smallest absolute Gasteiger partial charge is 0.462 e. The number of rotatable bonds is 46. The summed E-state index contributed by atoms with van der Waals surface area (Å²) in [6.45, 7) is 4.21. The fourth-order valence-corrected chi connectivity index (χ4v) is 7.64. The van der Waals surface area contributed by atoms with Gasteiger partial charge in [-0.25, -0.2) is 4.57 Å². The van der Waals surface area contributed by atoms with Crippen LogP contribution in [0.15, 0.2) is 48.6 Å². The molecular formula is C52H97NO9P+. The van der Waals surface area contributed by atoms with Crippen LogP contribution in [0.4, 0.5) is 0 Å². The van der Waals surface area contributed by atoms with Crippen LogP contribution in [-0.2, 0) is 32.7 Å². The Morgan fingerprint density at radius 1 is 0.571 bits per heavy atom. The molecule has 0 spiro atoms. The van der Waals surface area contributed by atoms with Gasteiger partial charge < -0.3 is 24.0 Å². The molecule has 63 heavy (non-hydrogen) atoms. The van der Waals surface area contributed by atoms with Gasteiger partial charge >= 0.3 is 19.8 Å². The van der Waals surface area contributed by atoms with Crippen molar-refractivity contribution in [2.45, 2.75) is 225 Å². The van der Waals surface area contributed by atoms with E-state index >= 15 is 0 Å². The normalized spacial score (nSPS) is 14.3. The van der Waals surface area contributed by atoms with Gasteiger partial charge in [0, 0.05) is 12.8 Å². The summed E-state index contributed by atoms with van der Waals surface area (Å²) in [5, 5.41) is 10.3. The Morgan fingerprint density at radius 3 is 1.57 bits per heavy atom. The predicted octanol–water partition coefficient (Wildman–Crippen LogP) is 14.0. The summed E-state index contributed by atoms with van der Waals surface area (Å²) in [5.41, 5.74) is 0. The van der Waals surface area contributed by atoms with Crippen molar-refractivity contribution in [2.24, 2.45) is 0 Å². The molecule has 0 saturated heterocycles. The van der Waals surface area contributed by atoms with Gasteiger partial charge in [0.15, 0.2) is 6.10 Å². The van der Waals surface area contributed by atoms with E-state index in [2.05, 4.69) is 38.2 Å². The van der Waals surface area contributed by atoms with E-state index in [4.69, 9.17) is 18.5 Å². The second kappa shape index (κ2) is 43.8. The molecule has 2 unspecified atom stereocenters. The number of hydrogen-bond donors (Lipinski definition) is 2. The predicted molar refractivity (Wildman–Crippen MR) is 263 cm³/mol. The molecule has 0 amide bonds. The lowest BCUT2D eigenvalue weighted by Gasteiger charge is -2.24. The third kappa shape index (κ3) is 47.7. The zero-order chi connectivity index (χ0) is 46.5. The lowest BCUT2D eigenvalue weighted by Crippen LogP contribution is -2.37. The molecule has 0 aliphatic heterocycles. The van der Waals surface area contributed by atoms with Crippen LogP contribution in [0.1, 0.15) is 213 Å². The molecule has 2 N–H and O–H groups in total. The maximum Gasteiger partial charge on any atom is 0.472 e. The van der Waals surface area contributed by atoms with Crippen LogP contribution in [0.25, 0.3) is 0 Å². The largest absolute Gasteiger partial charge is 0.472 e.